The molecule has 0 saturated heterocycles. The van der Waals surface area contributed by atoms with Crippen molar-refractivity contribution in [1.82, 2.24) is 9.55 Å². The molecule has 0 saturated carbocycles. The van der Waals surface area contributed by atoms with E-state index in [2.05, 4.69) is 26.2 Å². The number of nitrogens with zero attached hydrogens (tertiary/aromatic N) is 2. The summed E-state index contributed by atoms with van der Waals surface area (Å²) in [6.07, 6.45) is 2.74. The van der Waals surface area contributed by atoms with Crippen molar-refractivity contribution in [2.45, 2.75) is 0 Å². The molecule has 0 spiro atoms. The molecule has 3 aromatic rings. The van der Waals surface area contributed by atoms with Gasteiger partial charge in [0, 0.05) is 17.8 Å². The van der Waals surface area contributed by atoms with Gasteiger partial charge in [-0.3, -0.25) is 0 Å². The molecule has 0 aliphatic rings. The average Bonchev–Trinajstić information content (AvgIpc) is 2.50. The van der Waals surface area contributed by atoms with Crippen molar-refractivity contribution in [3.05, 3.63) is 69.8 Å². The maximum absolute atomic E-state index is 12.2. The molecule has 0 bridgehead atoms. The van der Waals surface area contributed by atoms with Crippen LogP contribution in [0.4, 0.5) is 10.5 Å². The van der Waals surface area contributed by atoms with Gasteiger partial charge < -0.3 is 5.32 Å². The van der Waals surface area contributed by atoms with Crippen molar-refractivity contribution in [2.75, 3.05) is 5.32 Å². The monoisotopic (exact) mass is 343 g/mol. The molecule has 104 valence electrons. The van der Waals surface area contributed by atoms with Crippen molar-refractivity contribution in [3.63, 3.8) is 0 Å². The molecule has 1 N–H and O–H groups in total. The van der Waals surface area contributed by atoms with Crippen LogP contribution in [0.25, 0.3) is 10.8 Å². The minimum Gasteiger partial charge on any atom is -0.307 e. The predicted molar refractivity (Wildman–Crippen MR) is 84.6 cm³/mol. The number of aromatic nitrogens is 2. The van der Waals surface area contributed by atoms with Crippen LogP contribution in [0.5, 0.6) is 0 Å². The Morgan fingerprint density at radius 3 is 2.76 bits per heavy atom. The first-order valence-electron chi connectivity index (χ1n) is 6.18. The Hall–Kier alpha value is -2.47. The molecular weight excluding hydrogens is 334 g/mol. The fraction of sp³-hybridized carbons (Fsp3) is 0. The van der Waals surface area contributed by atoms with Gasteiger partial charge >= 0.3 is 11.7 Å². The number of halogens is 1. The van der Waals surface area contributed by atoms with Gasteiger partial charge in [0.25, 0.3) is 0 Å². The van der Waals surface area contributed by atoms with Gasteiger partial charge in [-0.2, -0.15) is 4.98 Å². The van der Waals surface area contributed by atoms with Crippen LogP contribution in [-0.2, 0) is 0 Å². The first-order chi connectivity index (χ1) is 10.1. The molecule has 0 aliphatic carbocycles. The first kappa shape index (κ1) is 13.5. The highest BCUT2D eigenvalue weighted by Crippen LogP contribution is 2.22. The molecule has 0 fully saturated rings. The number of fused-ring (bicyclic) bond motifs is 1. The molecule has 0 unspecified atom stereocenters. The quantitative estimate of drug-likeness (QED) is 0.737. The van der Waals surface area contributed by atoms with Crippen LogP contribution in [0.1, 0.15) is 0 Å². The number of amides is 1. The number of nitrogens with one attached hydrogen (secondary N) is 1. The molecule has 2 aromatic carbocycles. The molecule has 5 nitrogen and oxygen atoms in total. The summed E-state index contributed by atoms with van der Waals surface area (Å²) in [5.41, 5.74) is 0.0147. The minimum atomic E-state index is -0.629. The number of carbonyl (C=O) groups excluding carboxylic acids is 1. The van der Waals surface area contributed by atoms with Gasteiger partial charge in [0.05, 0.1) is 10.2 Å². The summed E-state index contributed by atoms with van der Waals surface area (Å²) in [7, 11) is 0. The molecule has 21 heavy (non-hydrogen) atoms. The van der Waals surface area contributed by atoms with E-state index in [4.69, 9.17) is 0 Å². The Bertz CT molecular complexity index is 884. The standard InChI is InChI=1S/C15H10BrN3O2/c16-11-8-17-14(20)19(9-11)15(21)18-13-7-3-5-10-4-1-2-6-12(10)13/h1-9H,(H,18,21). The zero-order valence-electron chi connectivity index (χ0n) is 10.8. The van der Waals surface area contributed by atoms with E-state index >= 15 is 0 Å². The molecule has 6 heteroatoms. The maximum Gasteiger partial charge on any atom is 0.355 e. The lowest BCUT2D eigenvalue weighted by Crippen LogP contribution is -2.32. The molecule has 0 aliphatic heterocycles. The third-order valence-corrected chi connectivity index (χ3v) is 3.42. The molecule has 1 amide bonds. The third kappa shape index (κ3) is 2.71. The van der Waals surface area contributed by atoms with Crippen molar-refractivity contribution in [1.29, 1.82) is 0 Å². The second-order valence-corrected chi connectivity index (χ2v) is 5.30. The third-order valence-electron chi connectivity index (χ3n) is 3.01. The largest absolute Gasteiger partial charge is 0.355 e. The summed E-state index contributed by atoms with van der Waals surface area (Å²) in [5.74, 6) is 0. The van der Waals surface area contributed by atoms with Crippen molar-refractivity contribution in [3.8, 4) is 0 Å². The fourth-order valence-electron chi connectivity index (χ4n) is 2.05. The van der Waals surface area contributed by atoms with Crippen LogP contribution in [0.15, 0.2) is 64.1 Å². The summed E-state index contributed by atoms with van der Waals surface area (Å²) in [4.78, 5) is 27.5. The normalized spacial score (nSPS) is 10.5. The first-order valence-corrected chi connectivity index (χ1v) is 6.98. The Balaban J connectivity index is 2.01. The lowest BCUT2D eigenvalue weighted by atomic mass is 10.1. The van der Waals surface area contributed by atoms with Gasteiger partial charge in [-0.05, 0) is 27.4 Å². The van der Waals surface area contributed by atoms with Crippen LogP contribution in [0.2, 0.25) is 0 Å². The average molecular weight is 344 g/mol. The topological polar surface area (TPSA) is 64.0 Å². The second kappa shape index (κ2) is 5.49. The van der Waals surface area contributed by atoms with E-state index in [0.29, 0.717) is 10.2 Å². The number of benzene rings is 2. The lowest BCUT2D eigenvalue weighted by molar-refractivity contribution is 0.252. The molecule has 0 radical (unpaired) electrons. The van der Waals surface area contributed by atoms with Crippen LogP contribution in [0, 0.1) is 0 Å². The van der Waals surface area contributed by atoms with Crippen molar-refractivity contribution < 1.29 is 4.79 Å². The van der Waals surface area contributed by atoms with E-state index in [1.165, 1.54) is 12.4 Å². The molecule has 3 rings (SSSR count). The van der Waals surface area contributed by atoms with Gasteiger partial charge in [-0.25, -0.2) is 14.2 Å². The van der Waals surface area contributed by atoms with Crippen LogP contribution in [0.3, 0.4) is 0 Å². The highest BCUT2D eigenvalue weighted by molar-refractivity contribution is 9.10. The van der Waals surface area contributed by atoms with Crippen LogP contribution in [-0.4, -0.2) is 15.6 Å². The van der Waals surface area contributed by atoms with E-state index in [9.17, 15) is 9.59 Å². The van der Waals surface area contributed by atoms with E-state index in [0.717, 1.165) is 15.3 Å². The van der Waals surface area contributed by atoms with Crippen LogP contribution >= 0.6 is 15.9 Å². The van der Waals surface area contributed by atoms with Gasteiger partial charge in [0.1, 0.15) is 0 Å². The molecule has 0 atom stereocenters. The fourth-order valence-corrected chi connectivity index (χ4v) is 2.35. The van der Waals surface area contributed by atoms with Gasteiger partial charge in [-0.15, -0.1) is 0 Å². The zero-order chi connectivity index (χ0) is 14.8. The second-order valence-electron chi connectivity index (χ2n) is 4.38. The highest BCUT2D eigenvalue weighted by atomic mass is 79.9. The summed E-state index contributed by atoms with van der Waals surface area (Å²) in [5, 5.41) is 4.65. The smallest absolute Gasteiger partial charge is 0.307 e. The number of hydrogen-bond donors (Lipinski definition) is 1. The van der Waals surface area contributed by atoms with Gasteiger partial charge in [0.2, 0.25) is 0 Å². The maximum atomic E-state index is 12.2. The van der Waals surface area contributed by atoms with E-state index in [1.54, 1.807) is 6.07 Å². The SMILES string of the molecule is O=C(Nc1cccc2ccccc12)n1cc(Br)cnc1=O. The summed E-state index contributed by atoms with van der Waals surface area (Å²) >= 11 is 3.19. The summed E-state index contributed by atoms with van der Waals surface area (Å²) < 4.78 is 1.47. The predicted octanol–water partition coefficient (Wildman–Crippen LogP) is 3.24. The Morgan fingerprint density at radius 1 is 1.14 bits per heavy atom. The van der Waals surface area contributed by atoms with Crippen molar-refractivity contribution in [2.24, 2.45) is 0 Å². The van der Waals surface area contributed by atoms with Crippen molar-refractivity contribution >= 4 is 38.4 Å². The van der Waals surface area contributed by atoms with E-state index in [1.807, 2.05) is 36.4 Å². The Labute approximate surface area is 128 Å². The zero-order valence-corrected chi connectivity index (χ0v) is 12.4. The number of hydrogen-bond acceptors (Lipinski definition) is 3. The Kier molecular flexibility index (Phi) is 3.53. The number of anilines is 1. The molecular formula is C15H10BrN3O2. The highest BCUT2D eigenvalue weighted by Gasteiger charge is 2.10. The molecule has 1 aromatic heterocycles. The lowest BCUT2D eigenvalue weighted by Gasteiger charge is -2.09. The van der Waals surface area contributed by atoms with Gasteiger partial charge in [0.15, 0.2) is 0 Å². The van der Waals surface area contributed by atoms with Crippen LogP contribution < -0.4 is 11.0 Å². The number of carbonyl (C=O) groups is 1. The van der Waals surface area contributed by atoms with E-state index in [-0.39, 0.29) is 0 Å². The number of rotatable bonds is 1. The van der Waals surface area contributed by atoms with E-state index < -0.39 is 11.7 Å². The summed E-state index contributed by atoms with van der Waals surface area (Å²) in [6.45, 7) is 0. The molecule has 1 heterocycles. The minimum absolute atomic E-state index is 0.551. The van der Waals surface area contributed by atoms with Gasteiger partial charge in [-0.1, -0.05) is 36.4 Å². The Morgan fingerprint density at radius 2 is 1.90 bits per heavy atom. The summed E-state index contributed by atoms with van der Waals surface area (Å²) in [6, 6.07) is 12.7.